The minimum Gasteiger partial charge on any atom is -0.322 e. The van der Waals surface area contributed by atoms with Crippen LogP contribution in [0.4, 0.5) is 14.9 Å². The number of benzene rings is 2. The monoisotopic (exact) mass is 391 g/mol. The molecule has 6 nitrogen and oxygen atoms in total. The highest BCUT2D eigenvalue weighted by Crippen LogP contribution is 2.22. The summed E-state index contributed by atoms with van der Waals surface area (Å²) in [6, 6.07) is 10.4. The summed E-state index contributed by atoms with van der Waals surface area (Å²) < 4.78 is 40.1. The number of amides is 2. The van der Waals surface area contributed by atoms with Gasteiger partial charge in [0.25, 0.3) is 0 Å². The Labute approximate surface area is 158 Å². The van der Waals surface area contributed by atoms with E-state index >= 15 is 0 Å². The van der Waals surface area contributed by atoms with Crippen LogP contribution >= 0.6 is 0 Å². The van der Waals surface area contributed by atoms with E-state index in [0.717, 1.165) is 5.56 Å². The van der Waals surface area contributed by atoms with Crippen LogP contribution in [0.3, 0.4) is 0 Å². The third kappa shape index (κ3) is 4.28. The molecule has 0 unspecified atom stereocenters. The maximum absolute atomic E-state index is 12.9. The molecule has 0 spiro atoms. The number of carbonyl (C=O) groups is 1. The first kappa shape index (κ1) is 19.3. The van der Waals surface area contributed by atoms with Crippen molar-refractivity contribution in [1.82, 2.24) is 9.21 Å². The van der Waals surface area contributed by atoms with Crippen LogP contribution in [0.1, 0.15) is 11.1 Å². The highest BCUT2D eigenvalue weighted by molar-refractivity contribution is 7.89. The van der Waals surface area contributed by atoms with Crippen molar-refractivity contribution in [2.24, 2.45) is 0 Å². The minimum absolute atomic E-state index is 0.229. The summed E-state index contributed by atoms with van der Waals surface area (Å²) >= 11 is 0. The van der Waals surface area contributed by atoms with Gasteiger partial charge in [-0.1, -0.05) is 17.7 Å². The van der Waals surface area contributed by atoms with Crippen molar-refractivity contribution in [3.8, 4) is 0 Å². The Morgan fingerprint density at radius 2 is 1.63 bits per heavy atom. The van der Waals surface area contributed by atoms with Gasteiger partial charge in [-0.15, -0.1) is 0 Å². The molecule has 1 fully saturated rings. The molecule has 0 aliphatic carbocycles. The molecule has 1 aliphatic heterocycles. The number of nitrogens with one attached hydrogen (secondary N) is 1. The number of aryl methyl sites for hydroxylation is 2. The number of anilines is 1. The largest absolute Gasteiger partial charge is 0.322 e. The zero-order chi connectivity index (χ0) is 19.6. The summed E-state index contributed by atoms with van der Waals surface area (Å²) in [5, 5.41) is 2.69. The quantitative estimate of drug-likeness (QED) is 0.875. The molecule has 1 heterocycles. The van der Waals surface area contributed by atoms with E-state index < -0.39 is 10.0 Å². The molecule has 0 bridgehead atoms. The van der Waals surface area contributed by atoms with E-state index in [1.54, 1.807) is 24.0 Å². The third-order valence-electron chi connectivity index (χ3n) is 4.57. The predicted octanol–water partition coefficient (Wildman–Crippen LogP) is 2.98. The fraction of sp³-hybridized carbons (Fsp3) is 0.316. The summed E-state index contributed by atoms with van der Waals surface area (Å²) in [7, 11) is -3.59. The summed E-state index contributed by atoms with van der Waals surface area (Å²) in [6.07, 6.45) is 0. The normalized spacial score (nSPS) is 15.6. The molecular weight excluding hydrogens is 369 g/mol. The number of carbonyl (C=O) groups excluding carboxylic acids is 1. The molecule has 2 aromatic carbocycles. The number of rotatable bonds is 3. The van der Waals surface area contributed by atoms with Crippen LogP contribution in [0.25, 0.3) is 0 Å². The van der Waals surface area contributed by atoms with E-state index in [1.807, 2.05) is 13.0 Å². The lowest BCUT2D eigenvalue weighted by Gasteiger charge is -2.34. The lowest BCUT2D eigenvalue weighted by molar-refractivity contribution is 0.184. The van der Waals surface area contributed by atoms with Gasteiger partial charge in [0.15, 0.2) is 0 Å². The van der Waals surface area contributed by atoms with E-state index in [0.29, 0.717) is 16.1 Å². The molecule has 0 atom stereocenters. The van der Waals surface area contributed by atoms with E-state index in [9.17, 15) is 17.6 Å². The highest BCUT2D eigenvalue weighted by Gasteiger charge is 2.31. The Morgan fingerprint density at radius 1 is 1.00 bits per heavy atom. The van der Waals surface area contributed by atoms with E-state index in [4.69, 9.17) is 0 Å². The zero-order valence-electron chi connectivity index (χ0n) is 15.3. The van der Waals surface area contributed by atoms with Crippen molar-refractivity contribution >= 4 is 21.7 Å². The molecule has 8 heteroatoms. The van der Waals surface area contributed by atoms with Crippen molar-refractivity contribution in [3.05, 3.63) is 59.4 Å². The molecule has 144 valence electrons. The number of nitrogens with zero attached hydrogens (tertiary/aromatic N) is 2. The van der Waals surface area contributed by atoms with Crippen molar-refractivity contribution < 1.29 is 17.6 Å². The van der Waals surface area contributed by atoms with Crippen LogP contribution in [0.2, 0.25) is 0 Å². The van der Waals surface area contributed by atoms with Crippen molar-refractivity contribution in [2.45, 2.75) is 18.7 Å². The maximum atomic E-state index is 12.9. The van der Waals surface area contributed by atoms with Crippen molar-refractivity contribution in [1.29, 1.82) is 0 Å². The second kappa shape index (κ2) is 7.66. The van der Waals surface area contributed by atoms with Crippen LogP contribution in [-0.2, 0) is 10.0 Å². The van der Waals surface area contributed by atoms with Gasteiger partial charge in [-0.2, -0.15) is 4.31 Å². The summed E-state index contributed by atoms with van der Waals surface area (Å²) in [5.41, 5.74) is 2.21. The first-order valence-corrected chi connectivity index (χ1v) is 10.1. The predicted molar refractivity (Wildman–Crippen MR) is 102 cm³/mol. The van der Waals surface area contributed by atoms with Crippen LogP contribution in [0.5, 0.6) is 0 Å². The van der Waals surface area contributed by atoms with Gasteiger partial charge in [-0.3, -0.25) is 0 Å². The molecule has 0 saturated carbocycles. The van der Waals surface area contributed by atoms with Gasteiger partial charge in [0.2, 0.25) is 10.0 Å². The molecule has 0 radical (unpaired) electrons. The second-order valence-corrected chi connectivity index (χ2v) is 8.50. The fourth-order valence-electron chi connectivity index (χ4n) is 3.10. The lowest BCUT2D eigenvalue weighted by atomic mass is 10.2. The van der Waals surface area contributed by atoms with Gasteiger partial charge in [-0.25, -0.2) is 17.6 Å². The SMILES string of the molecule is Cc1ccc(S(=O)(=O)N2CCN(C(=O)Nc3ccc(F)cc3)CC2)c(C)c1. The second-order valence-electron chi connectivity index (χ2n) is 6.60. The van der Waals surface area contributed by atoms with Gasteiger partial charge in [0, 0.05) is 31.9 Å². The number of hydrogen-bond acceptors (Lipinski definition) is 3. The van der Waals surface area contributed by atoms with Gasteiger partial charge in [0.05, 0.1) is 4.90 Å². The van der Waals surface area contributed by atoms with Gasteiger partial charge in [0.1, 0.15) is 5.82 Å². The topological polar surface area (TPSA) is 69.7 Å². The van der Waals surface area contributed by atoms with Crippen LogP contribution < -0.4 is 5.32 Å². The average molecular weight is 391 g/mol. The smallest absolute Gasteiger partial charge is 0.321 e. The van der Waals surface area contributed by atoms with Gasteiger partial charge < -0.3 is 10.2 Å². The van der Waals surface area contributed by atoms with E-state index in [2.05, 4.69) is 5.32 Å². The Morgan fingerprint density at radius 3 is 2.22 bits per heavy atom. The highest BCUT2D eigenvalue weighted by atomic mass is 32.2. The molecule has 1 saturated heterocycles. The Bertz CT molecular complexity index is 937. The molecule has 1 N–H and O–H groups in total. The summed E-state index contributed by atoms with van der Waals surface area (Å²) in [5.74, 6) is -0.377. The number of hydrogen-bond donors (Lipinski definition) is 1. The Hall–Kier alpha value is -2.45. The van der Waals surface area contributed by atoms with E-state index in [1.165, 1.54) is 28.6 Å². The summed E-state index contributed by atoms with van der Waals surface area (Å²) in [4.78, 5) is 14.2. The van der Waals surface area contributed by atoms with Crippen molar-refractivity contribution in [2.75, 3.05) is 31.5 Å². The van der Waals surface area contributed by atoms with Crippen molar-refractivity contribution in [3.63, 3.8) is 0 Å². The van der Waals surface area contributed by atoms with Crippen LogP contribution in [-0.4, -0.2) is 49.8 Å². The first-order valence-electron chi connectivity index (χ1n) is 8.66. The molecule has 27 heavy (non-hydrogen) atoms. The maximum Gasteiger partial charge on any atom is 0.321 e. The first-order chi connectivity index (χ1) is 12.8. The number of piperazine rings is 1. The van der Waals surface area contributed by atoms with Gasteiger partial charge >= 0.3 is 6.03 Å². The minimum atomic E-state index is -3.59. The lowest BCUT2D eigenvalue weighted by Crippen LogP contribution is -2.51. The third-order valence-corrected chi connectivity index (χ3v) is 6.63. The Balaban J connectivity index is 1.64. The molecular formula is C19H22FN3O3S. The average Bonchev–Trinajstić information content (AvgIpc) is 2.63. The van der Waals surface area contributed by atoms with Gasteiger partial charge in [-0.05, 0) is 49.7 Å². The molecule has 2 amide bonds. The number of urea groups is 1. The number of sulfonamides is 1. The fourth-order valence-corrected chi connectivity index (χ4v) is 4.72. The number of halogens is 1. The zero-order valence-corrected chi connectivity index (χ0v) is 16.1. The summed E-state index contributed by atoms with van der Waals surface area (Å²) in [6.45, 7) is 4.74. The van der Waals surface area contributed by atoms with E-state index in [-0.39, 0.29) is 38.0 Å². The van der Waals surface area contributed by atoms with Crippen LogP contribution in [0.15, 0.2) is 47.4 Å². The molecule has 1 aliphatic rings. The molecule has 2 aromatic rings. The molecule has 0 aromatic heterocycles. The van der Waals surface area contributed by atoms with Crippen LogP contribution in [0, 0.1) is 19.7 Å². The Kier molecular flexibility index (Phi) is 5.48. The standard InChI is InChI=1S/C19H22FN3O3S/c1-14-3-8-18(15(2)13-14)27(25,26)23-11-9-22(10-12-23)19(24)21-17-6-4-16(20)5-7-17/h3-8,13H,9-12H2,1-2H3,(H,21,24). The molecule has 3 rings (SSSR count).